The number of amides is 3. The lowest BCUT2D eigenvalue weighted by molar-refractivity contribution is -0.133. The zero-order chi connectivity index (χ0) is 24.3. The predicted molar refractivity (Wildman–Crippen MR) is 127 cm³/mol. The molecule has 0 bridgehead atoms. The summed E-state index contributed by atoms with van der Waals surface area (Å²) >= 11 is 0. The van der Waals surface area contributed by atoms with Crippen LogP contribution < -0.4 is 15.4 Å². The first-order chi connectivity index (χ1) is 16.3. The summed E-state index contributed by atoms with van der Waals surface area (Å²) < 4.78 is 6.91. The Morgan fingerprint density at radius 1 is 1.18 bits per heavy atom. The van der Waals surface area contributed by atoms with Gasteiger partial charge in [0.25, 0.3) is 11.8 Å². The third kappa shape index (κ3) is 4.78. The Bertz CT molecular complexity index is 1060. The van der Waals surface area contributed by atoms with Gasteiger partial charge in [-0.3, -0.25) is 19.1 Å². The van der Waals surface area contributed by atoms with Gasteiger partial charge in [-0.25, -0.2) is 0 Å². The number of nitrogens with one attached hydrogen (secondary N) is 2. The first-order valence-electron chi connectivity index (χ1n) is 12.0. The van der Waals surface area contributed by atoms with E-state index in [0.717, 1.165) is 37.0 Å². The maximum Gasteiger partial charge on any atom is 0.272 e. The number of fused-ring (bicyclic) bond motifs is 1. The number of carbonyl (C=O) groups is 3. The monoisotopic (exact) mass is 467 g/mol. The fraction of sp³-hybridized carbons (Fsp3) is 0.520. The third-order valence-corrected chi connectivity index (χ3v) is 6.85. The lowest BCUT2D eigenvalue weighted by Crippen LogP contribution is -2.63. The molecule has 0 unspecified atom stereocenters. The average molecular weight is 468 g/mol. The van der Waals surface area contributed by atoms with E-state index in [1.54, 1.807) is 14.0 Å². The number of ether oxygens (including phenoxy) is 1. The van der Waals surface area contributed by atoms with Gasteiger partial charge in [-0.15, -0.1) is 0 Å². The largest absolute Gasteiger partial charge is 0.494 e. The summed E-state index contributed by atoms with van der Waals surface area (Å²) in [5.41, 5.74) is 0.295. The van der Waals surface area contributed by atoms with Crippen molar-refractivity contribution in [2.45, 2.75) is 70.6 Å². The molecule has 1 aliphatic carbocycles. The van der Waals surface area contributed by atoms with Gasteiger partial charge in [-0.1, -0.05) is 31.4 Å². The van der Waals surface area contributed by atoms with Gasteiger partial charge >= 0.3 is 0 Å². The van der Waals surface area contributed by atoms with E-state index in [9.17, 15) is 14.4 Å². The van der Waals surface area contributed by atoms with Gasteiger partial charge in [0.05, 0.1) is 13.2 Å². The van der Waals surface area contributed by atoms with Gasteiger partial charge in [0.1, 0.15) is 17.0 Å². The molecule has 1 fully saturated rings. The third-order valence-electron chi connectivity index (χ3n) is 6.85. The van der Waals surface area contributed by atoms with Crippen molar-refractivity contribution in [3.8, 4) is 5.75 Å². The maximum absolute atomic E-state index is 13.2. The standard InChI is InChI=1S/C25H33N5O4/c1-4-34-19-12-10-17(11-13-19)15-26-22(31)20-14-21-23(32)29(3)25(2,16-30(21)28-20)24(33)27-18-8-6-5-7-9-18/h10-14,18H,4-9,15-16H2,1-3H3,(H,26,31)(H,27,33)/t25-/m1/s1. The van der Waals surface area contributed by atoms with E-state index in [1.165, 1.54) is 22.1 Å². The first kappa shape index (κ1) is 23.8. The van der Waals surface area contributed by atoms with E-state index in [0.29, 0.717) is 18.8 Å². The minimum absolute atomic E-state index is 0.143. The maximum atomic E-state index is 13.2. The second-order valence-corrected chi connectivity index (χ2v) is 9.28. The number of likely N-dealkylation sites (N-methyl/N-ethyl adjacent to an activating group) is 1. The highest BCUT2D eigenvalue weighted by Gasteiger charge is 2.46. The number of rotatable bonds is 7. The summed E-state index contributed by atoms with van der Waals surface area (Å²) in [5, 5.41) is 10.3. The molecule has 34 heavy (non-hydrogen) atoms. The number of aromatic nitrogens is 2. The summed E-state index contributed by atoms with van der Waals surface area (Å²) in [7, 11) is 1.63. The first-order valence-corrected chi connectivity index (χ1v) is 12.0. The summed E-state index contributed by atoms with van der Waals surface area (Å²) in [5.74, 6) is -0.110. The van der Waals surface area contributed by atoms with Crippen LogP contribution in [0.25, 0.3) is 0 Å². The van der Waals surface area contributed by atoms with E-state index >= 15 is 0 Å². The van der Waals surface area contributed by atoms with E-state index in [1.807, 2.05) is 31.2 Å². The Balaban J connectivity index is 1.43. The minimum Gasteiger partial charge on any atom is -0.494 e. The molecule has 3 amide bonds. The fourth-order valence-electron chi connectivity index (χ4n) is 4.57. The van der Waals surface area contributed by atoms with Crippen LogP contribution in [0.5, 0.6) is 5.75 Å². The van der Waals surface area contributed by atoms with E-state index < -0.39 is 5.54 Å². The highest BCUT2D eigenvalue weighted by Crippen LogP contribution is 2.27. The molecule has 9 heteroatoms. The van der Waals surface area contributed by atoms with E-state index in [4.69, 9.17) is 4.74 Å². The Hall–Kier alpha value is -3.36. The van der Waals surface area contributed by atoms with Crippen LogP contribution in [-0.2, 0) is 17.9 Å². The van der Waals surface area contributed by atoms with Crippen molar-refractivity contribution < 1.29 is 19.1 Å². The Labute approximate surface area is 199 Å². The molecule has 2 aromatic rings. The number of benzene rings is 1. The topological polar surface area (TPSA) is 106 Å². The van der Waals surface area contributed by atoms with Crippen molar-refractivity contribution in [1.29, 1.82) is 0 Å². The molecule has 1 aliphatic heterocycles. The molecule has 0 spiro atoms. The van der Waals surface area contributed by atoms with Crippen LogP contribution in [0.2, 0.25) is 0 Å². The summed E-state index contributed by atoms with van der Waals surface area (Å²) in [6, 6.07) is 9.12. The summed E-state index contributed by atoms with van der Waals surface area (Å²) in [6.45, 7) is 4.78. The molecule has 2 N–H and O–H groups in total. The second kappa shape index (κ2) is 9.87. The number of carbonyl (C=O) groups excluding carboxylic acids is 3. The van der Waals surface area contributed by atoms with Crippen molar-refractivity contribution in [3.05, 3.63) is 47.3 Å². The van der Waals surface area contributed by atoms with Crippen LogP contribution in [0.1, 0.15) is 72.5 Å². The van der Waals surface area contributed by atoms with Crippen molar-refractivity contribution in [2.24, 2.45) is 0 Å². The minimum atomic E-state index is -1.08. The zero-order valence-corrected chi connectivity index (χ0v) is 20.1. The number of hydrogen-bond acceptors (Lipinski definition) is 5. The molecule has 1 atom stereocenters. The van der Waals surface area contributed by atoms with Gasteiger partial charge in [-0.05, 0) is 44.4 Å². The Morgan fingerprint density at radius 2 is 1.88 bits per heavy atom. The van der Waals surface area contributed by atoms with E-state index in [-0.39, 0.29) is 36.0 Å². The fourth-order valence-corrected chi connectivity index (χ4v) is 4.57. The van der Waals surface area contributed by atoms with Crippen molar-refractivity contribution in [1.82, 2.24) is 25.3 Å². The van der Waals surface area contributed by atoms with Crippen LogP contribution in [0.15, 0.2) is 30.3 Å². The molecule has 1 saturated carbocycles. The summed E-state index contributed by atoms with van der Waals surface area (Å²) in [6.07, 6.45) is 5.34. The van der Waals surface area contributed by atoms with Gasteiger partial charge in [0.15, 0.2) is 5.69 Å². The van der Waals surface area contributed by atoms with Crippen LogP contribution in [0, 0.1) is 0 Å². The highest BCUT2D eigenvalue weighted by molar-refractivity contribution is 6.01. The van der Waals surface area contributed by atoms with Gasteiger partial charge in [-0.2, -0.15) is 5.10 Å². The Morgan fingerprint density at radius 3 is 2.56 bits per heavy atom. The second-order valence-electron chi connectivity index (χ2n) is 9.28. The smallest absolute Gasteiger partial charge is 0.272 e. The predicted octanol–water partition coefficient (Wildman–Crippen LogP) is 2.50. The quantitative estimate of drug-likeness (QED) is 0.651. The lowest BCUT2D eigenvalue weighted by atomic mass is 9.92. The molecule has 1 aromatic carbocycles. The van der Waals surface area contributed by atoms with Crippen LogP contribution in [0.3, 0.4) is 0 Å². The highest BCUT2D eigenvalue weighted by atomic mass is 16.5. The molecule has 2 aliphatic rings. The number of hydrogen-bond donors (Lipinski definition) is 2. The SMILES string of the molecule is CCOc1ccc(CNC(=O)c2cc3n(n2)C[C@](C)(C(=O)NC2CCCCC2)N(C)C3=O)cc1. The summed E-state index contributed by atoms with van der Waals surface area (Å²) in [4.78, 5) is 40.5. The van der Waals surface area contributed by atoms with Crippen LogP contribution in [-0.4, -0.2) is 57.6 Å². The van der Waals surface area contributed by atoms with E-state index in [2.05, 4.69) is 15.7 Å². The van der Waals surface area contributed by atoms with Crippen molar-refractivity contribution >= 4 is 17.7 Å². The molecule has 1 aromatic heterocycles. The van der Waals surface area contributed by atoms with Gasteiger partial charge < -0.3 is 20.3 Å². The lowest BCUT2D eigenvalue weighted by Gasteiger charge is -2.41. The zero-order valence-electron chi connectivity index (χ0n) is 20.1. The van der Waals surface area contributed by atoms with Gasteiger partial charge in [0, 0.05) is 25.7 Å². The normalized spacial score (nSPS) is 20.6. The molecular weight excluding hydrogens is 434 g/mol. The number of nitrogens with zero attached hydrogens (tertiary/aromatic N) is 3. The molecule has 0 radical (unpaired) electrons. The van der Waals surface area contributed by atoms with Crippen LogP contribution >= 0.6 is 0 Å². The molecule has 0 saturated heterocycles. The van der Waals surface area contributed by atoms with Crippen LogP contribution in [0.4, 0.5) is 0 Å². The molecule has 182 valence electrons. The van der Waals surface area contributed by atoms with Crippen molar-refractivity contribution in [2.75, 3.05) is 13.7 Å². The molecular formula is C25H33N5O4. The molecule has 4 rings (SSSR count). The average Bonchev–Trinajstić information content (AvgIpc) is 3.27. The van der Waals surface area contributed by atoms with Gasteiger partial charge in [0.2, 0.25) is 5.91 Å². The molecule has 9 nitrogen and oxygen atoms in total. The Kier molecular flexibility index (Phi) is 6.90. The molecule has 2 heterocycles. The van der Waals surface area contributed by atoms with Crippen molar-refractivity contribution in [3.63, 3.8) is 0 Å².